The minimum absolute atomic E-state index is 0.0250. The van der Waals surface area contributed by atoms with Crippen molar-refractivity contribution in [2.45, 2.75) is 6.92 Å². The Morgan fingerprint density at radius 2 is 2.00 bits per heavy atom. The Morgan fingerprint density at radius 3 is 2.53 bits per heavy atom. The van der Waals surface area contributed by atoms with E-state index in [1.54, 1.807) is 0 Å². The molecule has 84 valence electrons. The molecule has 0 saturated carbocycles. The molecule has 1 aromatic rings. The van der Waals surface area contributed by atoms with E-state index in [0.29, 0.717) is 0 Å². The molecule has 0 fully saturated rings. The number of nitrogens with zero attached hydrogens (tertiary/aromatic N) is 1. The summed E-state index contributed by atoms with van der Waals surface area (Å²) in [4.78, 5) is 0. The number of halogens is 2. The molecule has 4 nitrogen and oxygen atoms in total. The minimum atomic E-state index is -4.31. The topological polar surface area (TPSA) is 49.4 Å². The average molecular weight is 236 g/mol. The van der Waals surface area contributed by atoms with Gasteiger partial charge in [-0.1, -0.05) is 28.1 Å². The summed E-state index contributed by atoms with van der Waals surface area (Å²) in [6, 6.07) is 4.69. The highest BCUT2D eigenvalue weighted by Crippen LogP contribution is 2.21. The summed E-state index contributed by atoms with van der Waals surface area (Å²) in [5.74, 6) is -0.943. The van der Waals surface area contributed by atoms with E-state index in [1.165, 1.54) is 19.1 Å². The van der Waals surface area contributed by atoms with Crippen molar-refractivity contribution >= 4 is 15.9 Å². The van der Waals surface area contributed by atoms with Crippen LogP contribution in [0.5, 0.6) is 0 Å². The second-order valence-corrected chi connectivity index (χ2v) is 4.23. The van der Waals surface area contributed by atoms with Crippen molar-refractivity contribution in [3.05, 3.63) is 30.1 Å². The molecule has 0 aliphatic carbocycles. The summed E-state index contributed by atoms with van der Waals surface area (Å²) in [6.07, 6.45) is 0. The maximum atomic E-state index is 13.3. The van der Waals surface area contributed by atoms with Crippen LogP contribution in [0.25, 0.3) is 0 Å². The van der Waals surface area contributed by atoms with E-state index in [9.17, 15) is 17.3 Å². The second kappa shape index (κ2) is 4.54. The quantitative estimate of drug-likeness (QED) is 0.803. The van der Waals surface area contributed by atoms with E-state index < -0.39 is 26.2 Å². The van der Waals surface area contributed by atoms with E-state index in [1.807, 2.05) is 4.72 Å². The molecule has 0 heterocycles. The van der Waals surface area contributed by atoms with Crippen LogP contribution in [0, 0.1) is 5.82 Å². The van der Waals surface area contributed by atoms with Gasteiger partial charge in [-0.05, 0) is 12.1 Å². The largest absolute Gasteiger partial charge is 0.328 e. The first-order valence-corrected chi connectivity index (χ1v) is 5.63. The lowest BCUT2D eigenvalue weighted by Crippen LogP contribution is -2.35. The van der Waals surface area contributed by atoms with Crippen molar-refractivity contribution in [3.63, 3.8) is 0 Å². The number of hydrogen-bond donors (Lipinski definition) is 1. The Morgan fingerprint density at radius 1 is 1.40 bits per heavy atom. The highest BCUT2D eigenvalue weighted by molar-refractivity contribution is 7.90. The monoisotopic (exact) mass is 236 g/mol. The number of nitrogens with one attached hydrogen (secondary N) is 1. The first-order valence-electron chi connectivity index (χ1n) is 4.19. The van der Waals surface area contributed by atoms with Crippen LogP contribution in [-0.2, 0) is 10.2 Å². The summed E-state index contributed by atoms with van der Waals surface area (Å²) in [7, 11) is -4.31. The van der Waals surface area contributed by atoms with Crippen LogP contribution >= 0.6 is 0 Å². The number of rotatable bonds is 4. The number of benzene rings is 1. The van der Waals surface area contributed by atoms with Gasteiger partial charge in [0.25, 0.3) is 0 Å². The summed E-state index contributed by atoms with van der Waals surface area (Å²) < 4.78 is 49.9. The molecule has 7 heteroatoms. The van der Waals surface area contributed by atoms with Gasteiger partial charge in [0, 0.05) is 6.54 Å². The van der Waals surface area contributed by atoms with Gasteiger partial charge in [0.05, 0.1) is 0 Å². The molecule has 15 heavy (non-hydrogen) atoms. The molecule has 0 unspecified atom stereocenters. The van der Waals surface area contributed by atoms with E-state index in [2.05, 4.69) is 0 Å². The molecule has 0 aromatic heterocycles. The molecule has 0 radical (unpaired) electrons. The smallest absolute Gasteiger partial charge is 0.205 e. The van der Waals surface area contributed by atoms with Gasteiger partial charge in [-0.2, -0.15) is 13.1 Å². The summed E-state index contributed by atoms with van der Waals surface area (Å²) in [6.45, 7) is 1.52. The molecule has 0 amide bonds. The van der Waals surface area contributed by atoms with Crippen molar-refractivity contribution in [1.82, 2.24) is 4.72 Å². The van der Waals surface area contributed by atoms with Gasteiger partial charge in [0.1, 0.15) is 11.5 Å². The molecule has 0 saturated heterocycles. The lowest BCUT2D eigenvalue weighted by atomic mass is 10.3. The van der Waals surface area contributed by atoms with Gasteiger partial charge >= 0.3 is 10.2 Å². The SMILES string of the molecule is CCNS(=O)(=O)N(F)c1ccccc1F. The fourth-order valence-corrected chi connectivity index (χ4v) is 1.85. The number of para-hydroxylation sites is 1. The van der Waals surface area contributed by atoms with Gasteiger partial charge < -0.3 is 0 Å². The van der Waals surface area contributed by atoms with Crippen molar-refractivity contribution in [1.29, 1.82) is 0 Å². The van der Waals surface area contributed by atoms with Crippen LogP contribution < -0.4 is 9.25 Å². The first-order chi connectivity index (χ1) is 6.99. The third-order valence-electron chi connectivity index (χ3n) is 1.58. The lowest BCUT2D eigenvalue weighted by molar-refractivity contribution is 0.477. The van der Waals surface area contributed by atoms with Gasteiger partial charge in [0.15, 0.2) is 0 Å². The zero-order valence-corrected chi connectivity index (χ0v) is 8.76. The predicted octanol–water partition coefficient (Wildman–Crippen LogP) is 1.37. The maximum absolute atomic E-state index is 13.3. The number of anilines is 1. The fourth-order valence-electron chi connectivity index (χ4n) is 0.963. The Balaban J connectivity index is 3.05. The van der Waals surface area contributed by atoms with Crippen molar-refractivity contribution in [3.8, 4) is 0 Å². The molecular formula is C8H10F2N2O2S. The molecular weight excluding hydrogens is 226 g/mol. The Bertz CT molecular complexity index is 436. The van der Waals surface area contributed by atoms with Gasteiger partial charge in [-0.3, -0.25) is 0 Å². The summed E-state index contributed by atoms with van der Waals surface area (Å²) >= 11 is 0. The first kappa shape index (κ1) is 11.9. The summed E-state index contributed by atoms with van der Waals surface area (Å²) in [5, 5.41) is 0. The molecule has 1 rings (SSSR count). The molecule has 0 aliphatic heterocycles. The van der Waals surface area contributed by atoms with Crippen LogP contribution in [0.4, 0.5) is 14.6 Å². The number of hydrogen-bond acceptors (Lipinski definition) is 2. The maximum Gasteiger partial charge on any atom is 0.328 e. The highest BCUT2D eigenvalue weighted by Gasteiger charge is 2.23. The third kappa shape index (κ3) is 2.63. The Labute approximate surface area is 86.6 Å². The van der Waals surface area contributed by atoms with Gasteiger partial charge in [-0.15, -0.1) is 0 Å². The van der Waals surface area contributed by atoms with E-state index >= 15 is 0 Å². The van der Waals surface area contributed by atoms with E-state index in [0.717, 1.165) is 12.1 Å². The van der Waals surface area contributed by atoms with Crippen LogP contribution in [0.3, 0.4) is 0 Å². The van der Waals surface area contributed by atoms with E-state index in [-0.39, 0.29) is 6.54 Å². The van der Waals surface area contributed by atoms with E-state index in [4.69, 9.17) is 0 Å². The van der Waals surface area contributed by atoms with Crippen molar-refractivity contribution in [2.24, 2.45) is 0 Å². The van der Waals surface area contributed by atoms with Crippen molar-refractivity contribution in [2.75, 3.05) is 11.1 Å². The van der Waals surface area contributed by atoms with Gasteiger partial charge in [-0.25, -0.2) is 4.39 Å². The molecule has 0 atom stereocenters. The molecule has 0 bridgehead atoms. The standard InChI is InChI=1S/C8H10F2N2O2S/c1-2-11-15(13,14)12(10)8-6-4-3-5-7(8)9/h3-6,11H,2H2,1H3. The van der Waals surface area contributed by atoms with Crippen molar-refractivity contribution < 1.29 is 17.3 Å². The van der Waals surface area contributed by atoms with Crippen LogP contribution in [0.1, 0.15) is 6.92 Å². The normalized spacial score (nSPS) is 11.4. The third-order valence-corrected chi connectivity index (χ3v) is 2.85. The lowest BCUT2D eigenvalue weighted by Gasteiger charge is -2.14. The van der Waals surface area contributed by atoms with Gasteiger partial charge in [0.2, 0.25) is 0 Å². The molecule has 1 N–H and O–H groups in total. The second-order valence-electron chi connectivity index (χ2n) is 2.67. The van der Waals surface area contributed by atoms with Crippen LogP contribution in [0.15, 0.2) is 24.3 Å². The summed E-state index contributed by atoms with van der Waals surface area (Å²) in [5.41, 5.74) is -0.640. The highest BCUT2D eigenvalue weighted by atomic mass is 32.2. The Kier molecular flexibility index (Phi) is 3.59. The molecule has 0 spiro atoms. The zero-order valence-electron chi connectivity index (χ0n) is 7.94. The van der Waals surface area contributed by atoms with Crippen LogP contribution in [-0.4, -0.2) is 15.0 Å². The minimum Gasteiger partial charge on any atom is -0.205 e. The zero-order chi connectivity index (χ0) is 11.5. The Hall–Kier alpha value is -1.21. The predicted molar refractivity (Wildman–Crippen MR) is 52.6 cm³/mol. The fraction of sp³-hybridized carbons (Fsp3) is 0.250. The molecule has 0 aliphatic rings. The van der Waals surface area contributed by atoms with Crippen LogP contribution in [0.2, 0.25) is 0 Å². The molecule has 1 aromatic carbocycles. The average Bonchev–Trinajstić information content (AvgIpc) is 2.17.